The molecule has 0 radical (unpaired) electrons. The molecule has 2 aromatic carbocycles. The number of pyridine rings is 1. The Kier molecular flexibility index (Phi) is 5.14. The van der Waals surface area contributed by atoms with E-state index in [0.29, 0.717) is 15.9 Å². The van der Waals surface area contributed by atoms with E-state index < -0.39 is 29.3 Å². The second-order valence-corrected chi connectivity index (χ2v) is 7.16. The SMILES string of the molecule is Cc1cc(C(=O)Nc2cnn(-c3cccc(Cl)c3)c2C(F)(F)F)c2cc(F)ccc2n1. The van der Waals surface area contributed by atoms with Crippen LogP contribution in [0.25, 0.3) is 16.6 Å². The first-order chi connectivity index (χ1) is 14.6. The standard InChI is InChI=1S/C21H13ClF4N4O/c1-11-7-16(15-9-13(23)5-6-17(15)28-11)20(31)29-18-10-27-30(19(18)21(24,25)26)14-4-2-3-12(22)8-14/h2-10H,1H3,(H,29,31). The van der Waals surface area contributed by atoms with Gasteiger partial charge in [0.1, 0.15) is 5.82 Å². The van der Waals surface area contributed by atoms with Gasteiger partial charge in [-0.2, -0.15) is 18.3 Å². The number of carbonyl (C=O) groups is 1. The van der Waals surface area contributed by atoms with Gasteiger partial charge in [0.05, 0.1) is 28.7 Å². The molecular weight excluding hydrogens is 436 g/mol. The van der Waals surface area contributed by atoms with Gasteiger partial charge in [-0.3, -0.25) is 9.78 Å². The number of hydrogen-bond acceptors (Lipinski definition) is 3. The van der Waals surface area contributed by atoms with Gasteiger partial charge in [-0.05, 0) is 49.4 Å². The largest absolute Gasteiger partial charge is 0.435 e. The molecule has 0 aliphatic rings. The molecule has 2 heterocycles. The summed E-state index contributed by atoms with van der Waals surface area (Å²) in [4.78, 5) is 17.1. The van der Waals surface area contributed by atoms with E-state index in [4.69, 9.17) is 11.6 Å². The Morgan fingerprint density at radius 1 is 1.13 bits per heavy atom. The molecule has 1 N–H and O–H groups in total. The molecule has 0 atom stereocenters. The number of aromatic nitrogens is 3. The first kappa shape index (κ1) is 20.8. The lowest BCUT2D eigenvalue weighted by Crippen LogP contribution is -2.19. The molecule has 4 rings (SSSR count). The molecule has 0 unspecified atom stereocenters. The van der Waals surface area contributed by atoms with Crippen LogP contribution in [0.4, 0.5) is 23.2 Å². The molecule has 0 bridgehead atoms. The lowest BCUT2D eigenvalue weighted by Gasteiger charge is -2.14. The minimum atomic E-state index is -4.83. The van der Waals surface area contributed by atoms with Gasteiger partial charge in [0.15, 0.2) is 5.69 Å². The molecule has 0 fully saturated rings. The Morgan fingerprint density at radius 3 is 2.61 bits per heavy atom. The van der Waals surface area contributed by atoms with E-state index in [9.17, 15) is 22.4 Å². The Morgan fingerprint density at radius 2 is 1.90 bits per heavy atom. The lowest BCUT2D eigenvalue weighted by molar-refractivity contribution is -0.142. The van der Waals surface area contributed by atoms with E-state index in [2.05, 4.69) is 15.4 Å². The summed E-state index contributed by atoms with van der Waals surface area (Å²) in [5.74, 6) is -1.45. The van der Waals surface area contributed by atoms with Crippen LogP contribution in [0.5, 0.6) is 0 Å². The number of carbonyl (C=O) groups excluding carboxylic acids is 1. The highest BCUT2D eigenvalue weighted by Gasteiger charge is 2.39. The molecule has 31 heavy (non-hydrogen) atoms. The van der Waals surface area contributed by atoms with E-state index in [-0.39, 0.29) is 21.7 Å². The smallest absolute Gasteiger partial charge is 0.319 e. The van der Waals surface area contributed by atoms with Crippen LogP contribution in [-0.4, -0.2) is 20.7 Å². The van der Waals surface area contributed by atoms with E-state index >= 15 is 0 Å². The summed E-state index contributed by atoms with van der Waals surface area (Å²) in [6, 6.07) is 10.8. The molecule has 0 saturated heterocycles. The van der Waals surface area contributed by atoms with Gasteiger partial charge in [0.2, 0.25) is 0 Å². The second-order valence-electron chi connectivity index (χ2n) is 6.72. The summed E-state index contributed by atoms with van der Waals surface area (Å²) in [5, 5.41) is 6.45. The van der Waals surface area contributed by atoms with E-state index in [1.165, 1.54) is 42.5 Å². The molecule has 0 saturated carbocycles. The Bertz CT molecular complexity index is 1320. The van der Waals surface area contributed by atoms with Crippen LogP contribution in [0.1, 0.15) is 21.7 Å². The van der Waals surface area contributed by atoms with Crippen LogP contribution in [0.15, 0.2) is 54.7 Å². The number of amides is 1. The van der Waals surface area contributed by atoms with Crippen LogP contribution in [0.3, 0.4) is 0 Å². The summed E-state index contributed by atoms with van der Waals surface area (Å²) in [5.41, 5.74) is -0.855. The zero-order valence-electron chi connectivity index (χ0n) is 15.8. The molecule has 0 aliphatic heterocycles. The molecule has 4 aromatic rings. The van der Waals surface area contributed by atoms with Gasteiger partial charge in [0, 0.05) is 16.1 Å². The van der Waals surface area contributed by atoms with Crippen LogP contribution in [-0.2, 0) is 6.18 Å². The van der Waals surface area contributed by atoms with Gasteiger partial charge in [-0.25, -0.2) is 9.07 Å². The monoisotopic (exact) mass is 448 g/mol. The quantitative estimate of drug-likeness (QED) is 0.403. The summed E-state index contributed by atoms with van der Waals surface area (Å²) in [6.45, 7) is 1.62. The number of fused-ring (bicyclic) bond motifs is 1. The van der Waals surface area contributed by atoms with Crippen molar-refractivity contribution in [3.63, 3.8) is 0 Å². The highest BCUT2D eigenvalue weighted by atomic mass is 35.5. The fourth-order valence-electron chi connectivity index (χ4n) is 3.22. The number of benzene rings is 2. The summed E-state index contributed by atoms with van der Waals surface area (Å²) in [6.07, 6.45) is -3.93. The van der Waals surface area contributed by atoms with Gasteiger partial charge in [-0.1, -0.05) is 17.7 Å². The molecular formula is C21H13ClF4N4O. The maximum absolute atomic E-state index is 13.8. The van der Waals surface area contributed by atoms with Crippen LogP contribution < -0.4 is 5.32 Å². The summed E-state index contributed by atoms with van der Waals surface area (Å²) in [7, 11) is 0. The summed E-state index contributed by atoms with van der Waals surface area (Å²) < 4.78 is 55.9. The summed E-state index contributed by atoms with van der Waals surface area (Å²) >= 11 is 5.89. The van der Waals surface area contributed by atoms with Gasteiger partial charge in [0.25, 0.3) is 5.91 Å². The number of rotatable bonds is 3. The number of nitrogens with one attached hydrogen (secondary N) is 1. The predicted molar refractivity (Wildman–Crippen MR) is 108 cm³/mol. The number of nitrogens with zero attached hydrogens (tertiary/aromatic N) is 3. The highest BCUT2D eigenvalue weighted by molar-refractivity contribution is 6.30. The number of hydrogen-bond donors (Lipinski definition) is 1. The second kappa shape index (κ2) is 7.66. The minimum Gasteiger partial charge on any atom is -0.319 e. The number of alkyl halides is 3. The first-order valence-corrected chi connectivity index (χ1v) is 9.31. The van der Waals surface area contributed by atoms with E-state index in [0.717, 1.165) is 12.3 Å². The molecule has 0 aliphatic carbocycles. The maximum atomic E-state index is 13.8. The average molecular weight is 449 g/mol. The third-order valence-electron chi connectivity index (χ3n) is 4.48. The first-order valence-electron chi connectivity index (χ1n) is 8.93. The molecule has 10 heteroatoms. The van der Waals surface area contributed by atoms with Crippen molar-refractivity contribution in [2.24, 2.45) is 0 Å². The van der Waals surface area contributed by atoms with Crippen molar-refractivity contribution in [1.82, 2.24) is 14.8 Å². The van der Waals surface area contributed by atoms with Crippen molar-refractivity contribution >= 4 is 34.1 Å². The predicted octanol–water partition coefficient (Wildman–Crippen LogP) is 5.79. The van der Waals surface area contributed by atoms with Crippen molar-refractivity contribution in [3.8, 4) is 5.69 Å². The normalized spacial score (nSPS) is 11.7. The fourth-order valence-corrected chi connectivity index (χ4v) is 3.41. The van der Waals surface area contributed by atoms with Crippen molar-refractivity contribution in [2.75, 3.05) is 5.32 Å². The molecule has 1 amide bonds. The molecule has 5 nitrogen and oxygen atoms in total. The highest BCUT2D eigenvalue weighted by Crippen LogP contribution is 2.37. The van der Waals surface area contributed by atoms with Crippen LogP contribution in [0.2, 0.25) is 5.02 Å². The number of anilines is 1. The van der Waals surface area contributed by atoms with Crippen molar-refractivity contribution in [1.29, 1.82) is 0 Å². The zero-order chi connectivity index (χ0) is 22.3. The average Bonchev–Trinajstić information content (AvgIpc) is 3.11. The van der Waals surface area contributed by atoms with Gasteiger partial charge >= 0.3 is 6.18 Å². The molecule has 0 spiro atoms. The third kappa shape index (κ3) is 4.09. The number of aryl methyl sites for hydroxylation is 1. The van der Waals surface area contributed by atoms with Crippen LogP contribution >= 0.6 is 11.6 Å². The van der Waals surface area contributed by atoms with Crippen molar-refractivity contribution < 1.29 is 22.4 Å². The minimum absolute atomic E-state index is 0.00868. The fraction of sp³-hybridized carbons (Fsp3) is 0.0952. The Balaban J connectivity index is 1.80. The van der Waals surface area contributed by atoms with Crippen molar-refractivity contribution in [2.45, 2.75) is 13.1 Å². The van der Waals surface area contributed by atoms with E-state index in [1.54, 1.807) is 6.92 Å². The van der Waals surface area contributed by atoms with E-state index in [1.807, 2.05) is 0 Å². The molecule has 2 aromatic heterocycles. The zero-order valence-corrected chi connectivity index (χ0v) is 16.6. The van der Waals surface area contributed by atoms with Gasteiger partial charge in [-0.15, -0.1) is 0 Å². The lowest BCUT2D eigenvalue weighted by atomic mass is 10.1. The number of halogens is 5. The molecule has 158 valence electrons. The Labute approximate surface area is 178 Å². The maximum Gasteiger partial charge on any atom is 0.435 e. The van der Waals surface area contributed by atoms with Crippen LogP contribution in [0, 0.1) is 12.7 Å². The van der Waals surface area contributed by atoms with Gasteiger partial charge < -0.3 is 5.32 Å². The Hall–Kier alpha value is -3.46. The third-order valence-corrected chi connectivity index (χ3v) is 4.72. The topological polar surface area (TPSA) is 59.8 Å². The van der Waals surface area contributed by atoms with Crippen molar-refractivity contribution in [3.05, 3.63) is 82.5 Å².